The lowest BCUT2D eigenvalue weighted by molar-refractivity contribution is -0.138. The number of amides is 2. The fraction of sp³-hybridized carbons (Fsp3) is 0.667. The van der Waals surface area contributed by atoms with E-state index in [2.05, 4.69) is 5.32 Å². The first-order chi connectivity index (χ1) is 8.08. The summed E-state index contributed by atoms with van der Waals surface area (Å²) in [6.07, 6.45) is 5.18. The summed E-state index contributed by atoms with van der Waals surface area (Å²) >= 11 is 0. The van der Waals surface area contributed by atoms with Crippen molar-refractivity contribution in [2.45, 2.75) is 25.8 Å². The van der Waals surface area contributed by atoms with E-state index in [1.807, 2.05) is 19.1 Å². The highest BCUT2D eigenvalue weighted by Crippen LogP contribution is 2.19. The number of hydrogen-bond acceptors (Lipinski definition) is 3. The van der Waals surface area contributed by atoms with E-state index in [9.17, 15) is 9.59 Å². The fourth-order valence-corrected chi connectivity index (χ4v) is 1.93. The number of nitrogens with one attached hydrogen (secondary N) is 1. The van der Waals surface area contributed by atoms with Gasteiger partial charge in [0.15, 0.2) is 0 Å². The van der Waals surface area contributed by atoms with E-state index in [-0.39, 0.29) is 30.3 Å². The van der Waals surface area contributed by atoms with Crippen molar-refractivity contribution in [2.24, 2.45) is 11.7 Å². The normalized spacial score (nSPS) is 22.5. The van der Waals surface area contributed by atoms with E-state index in [4.69, 9.17) is 5.73 Å². The number of likely N-dealkylation sites (N-methyl/N-ethyl adjacent to an activating group) is 1. The van der Waals surface area contributed by atoms with Gasteiger partial charge in [-0.2, -0.15) is 0 Å². The minimum absolute atomic E-state index is 0.000324. The monoisotopic (exact) mass is 239 g/mol. The third-order valence-electron chi connectivity index (χ3n) is 2.85. The Morgan fingerprint density at radius 2 is 2.18 bits per heavy atom. The van der Waals surface area contributed by atoms with Crippen molar-refractivity contribution < 1.29 is 9.59 Å². The maximum absolute atomic E-state index is 12.2. The molecule has 2 atom stereocenters. The molecule has 2 unspecified atom stereocenters. The number of hydrogen-bond donors (Lipinski definition) is 2. The van der Waals surface area contributed by atoms with E-state index in [0.29, 0.717) is 13.0 Å². The first kappa shape index (κ1) is 13.7. The first-order valence-electron chi connectivity index (χ1n) is 6.01. The van der Waals surface area contributed by atoms with Crippen LogP contribution < -0.4 is 11.1 Å². The van der Waals surface area contributed by atoms with Crippen molar-refractivity contribution in [1.82, 2.24) is 10.2 Å². The SMILES string of the molecule is CCCN(CC(=O)NC)C(=O)C1C=CC(N)C1. The highest BCUT2D eigenvalue weighted by atomic mass is 16.2. The lowest BCUT2D eigenvalue weighted by atomic mass is 10.1. The molecule has 1 aliphatic carbocycles. The Balaban J connectivity index is 2.60. The molecule has 0 aromatic heterocycles. The Morgan fingerprint density at radius 3 is 2.65 bits per heavy atom. The maximum Gasteiger partial charge on any atom is 0.239 e. The van der Waals surface area contributed by atoms with E-state index in [1.165, 1.54) is 0 Å². The average molecular weight is 239 g/mol. The zero-order valence-corrected chi connectivity index (χ0v) is 10.5. The Bertz CT molecular complexity index is 315. The van der Waals surface area contributed by atoms with E-state index in [1.54, 1.807) is 11.9 Å². The summed E-state index contributed by atoms with van der Waals surface area (Å²) < 4.78 is 0. The molecule has 5 nitrogen and oxygen atoms in total. The van der Waals surface area contributed by atoms with Crippen LogP contribution in [-0.4, -0.2) is 42.9 Å². The van der Waals surface area contributed by atoms with Gasteiger partial charge < -0.3 is 16.0 Å². The van der Waals surface area contributed by atoms with Gasteiger partial charge in [0.2, 0.25) is 11.8 Å². The molecule has 96 valence electrons. The van der Waals surface area contributed by atoms with Crippen molar-refractivity contribution in [3.8, 4) is 0 Å². The standard InChI is InChI=1S/C12H21N3O2/c1-3-6-15(8-11(16)14-2)12(17)9-4-5-10(13)7-9/h4-5,9-10H,3,6-8,13H2,1-2H3,(H,14,16). The molecule has 0 saturated carbocycles. The molecule has 0 aromatic rings. The second-order valence-corrected chi connectivity index (χ2v) is 4.32. The summed E-state index contributed by atoms with van der Waals surface area (Å²) in [5.41, 5.74) is 5.73. The molecule has 0 aliphatic heterocycles. The highest BCUT2D eigenvalue weighted by molar-refractivity contribution is 5.87. The molecular formula is C12H21N3O2. The van der Waals surface area contributed by atoms with Crippen LogP contribution in [0, 0.1) is 5.92 Å². The molecule has 5 heteroatoms. The van der Waals surface area contributed by atoms with Crippen molar-refractivity contribution in [3.63, 3.8) is 0 Å². The van der Waals surface area contributed by atoms with Gasteiger partial charge in [0.25, 0.3) is 0 Å². The molecule has 0 saturated heterocycles. The summed E-state index contributed by atoms with van der Waals surface area (Å²) in [4.78, 5) is 25.1. The van der Waals surface area contributed by atoms with Gasteiger partial charge in [-0.15, -0.1) is 0 Å². The second-order valence-electron chi connectivity index (χ2n) is 4.32. The van der Waals surface area contributed by atoms with Gasteiger partial charge in [0.1, 0.15) is 0 Å². The molecule has 0 spiro atoms. The molecule has 3 N–H and O–H groups in total. The maximum atomic E-state index is 12.2. The Morgan fingerprint density at radius 1 is 1.47 bits per heavy atom. The van der Waals surface area contributed by atoms with E-state index >= 15 is 0 Å². The quantitative estimate of drug-likeness (QED) is 0.656. The molecule has 0 fully saturated rings. The third kappa shape index (κ3) is 3.85. The fourth-order valence-electron chi connectivity index (χ4n) is 1.93. The zero-order valence-electron chi connectivity index (χ0n) is 10.5. The van der Waals surface area contributed by atoms with Gasteiger partial charge in [0.05, 0.1) is 12.5 Å². The minimum atomic E-state index is -0.166. The van der Waals surface area contributed by atoms with Crippen LogP contribution in [0.25, 0.3) is 0 Å². The Labute approximate surface area is 102 Å². The predicted molar refractivity (Wildman–Crippen MR) is 66.2 cm³/mol. The van der Waals surface area contributed by atoms with Crippen LogP contribution in [0.15, 0.2) is 12.2 Å². The van der Waals surface area contributed by atoms with Crippen LogP contribution in [0.1, 0.15) is 19.8 Å². The Hall–Kier alpha value is -1.36. The van der Waals surface area contributed by atoms with Crippen LogP contribution >= 0.6 is 0 Å². The van der Waals surface area contributed by atoms with Gasteiger partial charge in [-0.25, -0.2) is 0 Å². The smallest absolute Gasteiger partial charge is 0.239 e. The predicted octanol–water partition coefficient (Wildman–Crippen LogP) is -0.126. The number of carbonyl (C=O) groups excluding carboxylic acids is 2. The molecule has 17 heavy (non-hydrogen) atoms. The number of rotatable bonds is 5. The number of nitrogens with zero attached hydrogens (tertiary/aromatic N) is 1. The summed E-state index contributed by atoms with van der Waals surface area (Å²) in [5, 5.41) is 2.53. The van der Waals surface area contributed by atoms with Crippen molar-refractivity contribution in [1.29, 1.82) is 0 Å². The van der Waals surface area contributed by atoms with Gasteiger partial charge in [-0.3, -0.25) is 9.59 Å². The third-order valence-corrected chi connectivity index (χ3v) is 2.85. The van der Waals surface area contributed by atoms with Gasteiger partial charge in [-0.05, 0) is 12.8 Å². The molecule has 2 amide bonds. The molecule has 1 rings (SSSR count). The van der Waals surface area contributed by atoms with Crippen LogP contribution in [0.4, 0.5) is 0 Å². The van der Waals surface area contributed by atoms with Gasteiger partial charge in [0, 0.05) is 19.6 Å². The molecule has 0 radical (unpaired) electrons. The molecule has 0 heterocycles. The summed E-state index contributed by atoms with van der Waals surface area (Å²) in [6.45, 7) is 2.72. The lowest BCUT2D eigenvalue weighted by Gasteiger charge is -2.24. The van der Waals surface area contributed by atoms with Crippen molar-refractivity contribution in [3.05, 3.63) is 12.2 Å². The number of nitrogens with two attached hydrogens (primary N) is 1. The average Bonchev–Trinajstić information content (AvgIpc) is 2.74. The van der Waals surface area contributed by atoms with Crippen LogP contribution in [-0.2, 0) is 9.59 Å². The van der Waals surface area contributed by atoms with Crippen molar-refractivity contribution in [2.75, 3.05) is 20.1 Å². The summed E-state index contributed by atoms with van der Waals surface area (Å²) in [5.74, 6) is -0.307. The number of carbonyl (C=O) groups is 2. The van der Waals surface area contributed by atoms with Gasteiger partial charge in [-0.1, -0.05) is 19.1 Å². The highest BCUT2D eigenvalue weighted by Gasteiger charge is 2.27. The van der Waals surface area contributed by atoms with E-state index in [0.717, 1.165) is 6.42 Å². The van der Waals surface area contributed by atoms with Crippen LogP contribution in [0.3, 0.4) is 0 Å². The van der Waals surface area contributed by atoms with Crippen LogP contribution in [0.2, 0.25) is 0 Å². The molecular weight excluding hydrogens is 218 g/mol. The topological polar surface area (TPSA) is 75.4 Å². The molecule has 1 aliphatic rings. The summed E-state index contributed by atoms with van der Waals surface area (Å²) in [6, 6.07) is -0.0348. The molecule has 0 aromatic carbocycles. The lowest BCUT2D eigenvalue weighted by Crippen LogP contribution is -2.42. The van der Waals surface area contributed by atoms with Crippen LogP contribution in [0.5, 0.6) is 0 Å². The second kappa shape index (κ2) is 6.39. The molecule has 0 bridgehead atoms. The summed E-state index contributed by atoms with van der Waals surface area (Å²) in [7, 11) is 1.57. The first-order valence-corrected chi connectivity index (χ1v) is 6.01. The zero-order chi connectivity index (χ0) is 12.8. The van der Waals surface area contributed by atoms with Crippen molar-refractivity contribution >= 4 is 11.8 Å². The minimum Gasteiger partial charge on any atom is -0.358 e. The van der Waals surface area contributed by atoms with E-state index < -0.39 is 0 Å². The van der Waals surface area contributed by atoms with Gasteiger partial charge >= 0.3 is 0 Å². The largest absolute Gasteiger partial charge is 0.358 e. The Kier molecular flexibility index (Phi) is 5.15.